The normalized spacial score (nSPS) is 19.4. The van der Waals surface area contributed by atoms with Gasteiger partial charge in [-0.05, 0) is 43.0 Å². The molecule has 5 heteroatoms. The van der Waals surface area contributed by atoms with Gasteiger partial charge in [0.25, 0.3) is 5.91 Å². The van der Waals surface area contributed by atoms with Crippen molar-refractivity contribution in [2.45, 2.75) is 58.2 Å². The molecule has 0 spiro atoms. The van der Waals surface area contributed by atoms with Crippen LogP contribution in [-0.2, 0) is 22.7 Å². The molecule has 152 valence electrons. The summed E-state index contributed by atoms with van der Waals surface area (Å²) in [6, 6.07) is 15.7. The lowest BCUT2D eigenvalue weighted by Gasteiger charge is -2.23. The van der Waals surface area contributed by atoms with Gasteiger partial charge in [0.15, 0.2) is 6.10 Å². The molecule has 2 amide bonds. The van der Waals surface area contributed by atoms with Crippen LogP contribution in [-0.4, -0.2) is 22.8 Å². The fraction of sp³-hybridized carbons (Fsp3) is 0.417. The second kappa shape index (κ2) is 8.68. The molecule has 0 radical (unpaired) electrons. The van der Waals surface area contributed by atoms with Gasteiger partial charge >= 0.3 is 0 Å². The number of nitrogens with zero attached hydrogens (tertiary/aromatic N) is 1. The molecule has 0 bridgehead atoms. The Morgan fingerprint density at radius 2 is 1.90 bits per heavy atom. The first-order chi connectivity index (χ1) is 14.1. The number of hydrogen-bond acceptors (Lipinski definition) is 3. The largest absolute Gasteiger partial charge is 0.480 e. The number of anilines is 1. The molecule has 1 aliphatic carbocycles. The van der Waals surface area contributed by atoms with Crippen LogP contribution in [0.2, 0.25) is 0 Å². The summed E-state index contributed by atoms with van der Waals surface area (Å²) < 4.78 is 6.04. The van der Waals surface area contributed by atoms with E-state index in [1.165, 1.54) is 0 Å². The minimum Gasteiger partial charge on any atom is -0.480 e. The summed E-state index contributed by atoms with van der Waals surface area (Å²) in [5.74, 6) is 0.940. The second-order valence-corrected chi connectivity index (χ2v) is 7.99. The van der Waals surface area contributed by atoms with E-state index in [1.807, 2.05) is 60.4 Å². The van der Waals surface area contributed by atoms with Gasteiger partial charge in [0.1, 0.15) is 5.75 Å². The minimum absolute atomic E-state index is 0.00379. The van der Waals surface area contributed by atoms with Crippen LogP contribution >= 0.6 is 0 Å². The van der Waals surface area contributed by atoms with Gasteiger partial charge in [0.2, 0.25) is 5.91 Å². The van der Waals surface area contributed by atoms with Crippen LogP contribution < -0.4 is 10.1 Å². The maximum Gasteiger partial charge on any atom is 0.264 e. The molecule has 1 saturated carbocycles. The first kappa shape index (κ1) is 19.5. The number of amides is 2. The second-order valence-electron chi connectivity index (χ2n) is 7.99. The zero-order valence-corrected chi connectivity index (χ0v) is 16.9. The molecule has 29 heavy (non-hydrogen) atoms. The summed E-state index contributed by atoms with van der Waals surface area (Å²) >= 11 is 0. The van der Waals surface area contributed by atoms with E-state index in [1.54, 1.807) is 0 Å². The number of rotatable bonds is 5. The van der Waals surface area contributed by atoms with Gasteiger partial charge in [-0.25, -0.2) is 0 Å². The van der Waals surface area contributed by atoms with Crippen molar-refractivity contribution in [2.24, 2.45) is 5.92 Å². The molecule has 1 atom stereocenters. The quantitative estimate of drug-likeness (QED) is 0.814. The summed E-state index contributed by atoms with van der Waals surface area (Å²) in [4.78, 5) is 27.4. The maximum atomic E-state index is 13.0. The molecule has 2 aromatic carbocycles. The fourth-order valence-corrected chi connectivity index (χ4v) is 4.21. The van der Waals surface area contributed by atoms with Crippen LogP contribution in [0.4, 0.5) is 5.69 Å². The molecule has 1 aliphatic heterocycles. The van der Waals surface area contributed by atoms with Crippen LogP contribution in [0.15, 0.2) is 48.5 Å². The third kappa shape index (κ3) is 4.44. The Morgan fingerprint density at radius 1 is 1.14 bits per heavy atom. The molecule has 1 heterocycles. The Morgan fingerprint density at radius 3 is 2.62 bits per heavy atom. The topological polar surface area (TPSA) is 58.6 Å². The first-order valence-corrected chi connectivity index (χ1v) is 10.6. The molecule has 0 saturated heterocycles. The third-order valence-corrected chi connectivity index (χ3v) is 5.86. The van der Waals surface area contributed by atoms with Gasteiger partial charge in [-0.1, -0.05) is 50.1 Å². The van der Waals surface area contributed by atoms with E-state index in [2.05, 4.69) is 5.32 Å². The van der Waals surface area contributed by atoms with Crippen LogP contribution in [0.3, 0.4) is 0 Å². The third-order valence-electron chi connectivity index (χ3n) is 5.86. The Kier molecular flexibility index (Phi) is 5.84. The van der Waals surface area contributed by atoms with Gasteiger partial charge in [0.05, 0.1) is 0 Å². The Bertz CT molecular complexity index is 875. The molecule has 2 aliphatic rings. The number of nitrogens with one attached hydrogen (secondary N) is 1. The predicted octanol–water partition coefficient (Wildman–Crippen LogP) is 4.52. The molecule has 2 aromatic rings. The number of fused-ring (bicyclic) bond motifs is 1. The number of carbonyl (C=O) groups is 2. The van der Waals surface area contributed by atoms with E-state index in [9.17, 15) is 9.59 Å². The Hall–Kier alpha value is -2.82. The smallest absolute Gasteiger partial charge is 0.264 e. The number of ether oxygens (including phenoxy) is 1. The predicted molar refractivity (Wildman–Crippen MR) is 112 cm³/mol. The highest BCUT2D eigenvalue weighted by molar-refractivity contribution is 5.93. The van der Waals surface area contributed by atoms with Crippen molar-refractivity contribution in [3.63, 3.8) is 0 Å². The van der Waals surface area contributed by atoms with Crippen molar-refractivity contribution < 1.29 is 14.3 Å². The van der Waals surface area contributed by atoms with Gasteiger partial charge in [-0.15, -0.1) is 0 Å². The number of benzene rings is 2. The first-order valence-electron chi connectivity index (χ1n) is 10.6. The van der Waals surface area contributed by atoms with Crippen molar-refractivity contribution >= 4 is 17.5 Å². The summed E-state index contributed by atoms with van der Waals surface area (Å²) in [5, 5.41) is 3.06. The standard InChI is InChI=1S/C24H28N2O3/c1-2-21-24(28)26(15-17-8-4-3-5-9-17)16-19-14-20(12-13-22(19)29-21)25-23(27)18-10-6-7-11-18/h3-5,8-9,12-14,18,21H,2,6-7,10-11,15-16H2,1H3,(H,25,27). The summed E-state index contributed by atoms with van der Waals surface area (Å²) in [7, 11) is 0. The highest BCUT2D eigenvalue weighted by Crippen LogP contribution is 2.31. The van der Waals surface area contributed by atoms with Crippen LogP contribution in [0.5, 0.6) is 5.75 Å². The van der Waals surface area contributed by atoms with Gasteiger partial charge in [-0.2, -0.15) is 0 Å². The van der Waals surface area contributed by atoms with E-state index < -0.39 is 6.10 Å². The van der Waals surface area contributed by atoms with Crippen LogP contribution in [0, 0.1) is 5.92 Å². The van der Waals surface area contributed by atoms with Gasteiger partial charge in [-0.3, -0.25) is 9.59 Å². The molecule has 4 rings (SSSR count). The lowest BCUT2D eigenvalue weighted by atomic mass is 10.1. The average molecular weight is 392 g/mol. The van der Waals surface area contributed by atoms with Crippen LogP contribution in [0.25, 0.3) is 0 Å². The van der Waals surface area contributed by atoms with E-state index in [0.29, 0.717) is 19.5 Å². The van der Waals surface area contributed by atoms with Gasteiger partial charge in [0, 0.05) is 30.3 Å². The molecule has 5 nitrogen and oxygen atoms in total. The molecule has 1 unspecified atom stereocenters. The summed E-state index contributed by atoms with van der Waals surface area (Å²) in [6.45, 7) is 2.97. The van der Waals surface area contributed by atoms with E-state index >= 15 is 0 Å². The van der Waals surface area contributed by atoms with Crippen molar-refractivity contribution in [1.29, 1.82) is 0 Å². The highest BCUT2D eigenvalue weighted by Gasteiger charge is 2.30. The molecule has 0 aromatic heterocycles. The number of carbonyl (C=O) groups excluding carboxylic acids is 2. The summed E-state index contributed by atoms with van der Waals surface area (Å²) in [5.41, 5.74) is 2.78. The lowest BCUT2D eigenvalue weighted by molar-refractivity contribution is -0.139. The molecular weight excluding hydrogens is 364 g/mol. The highest BCUT2D eigenvalue weighted by atomic mass is 16.5. The monoisotopic (exact) mass is 392 g/mol. The van der Waals surface area contributed by atoms with Crippen LogP contribution in [0.1, 0.15) is 50.2 Å². The van der Waals surface area contributed by atoms with E-state index in [0.717, 1.165) is 48.2 Å². The maximum absolute atomic E-state index is 13.0. The summed E-state index contributed by atoms with van der Waals surface area (Å²) in [6.07, 6.45) is 4.33. The van der Waals surface area contributed by atoms with Crippen molar-refractivity contribution in [1.82, 2.24) is 4.90 Å². The SMILES string of the molecule is CCC1Oc2ccc(NC(=O)C3CCCC3)cc2CN(Cc2ccccc2)C1=O. The number of hydrogen-bond donors (Lipinski definition) is 1. The zero-order chi connectivity index (χ0) is 20.2. The van der Waals surface area contributed by atoms with E-state index in [-0.39, 0.29) is 17.7 Å². The fourth-order valence-electron chi connectivity index (χ4n) is 4.21. The lowest BCUT2D eigenvalue weighted by Crippen LogP contribution is -2.38. The van der Waals surface area contributed by atoms with Gasteiger partial charge < -0.3 is 15.0 Å². The molecular formula is C24H28N2O3. The van der Waals surface area contributed by atoms with Crippen molar-refractivity contribution in [2.75, 3.05) is 5.32 Å². The Balaban J connectivity index is 1.56. The zero-order valence-electron chi connectivity index (χ0n) is 16.9. The molecule has 1 N–H and O–H groups in total. The molecule has 1 fully saturated rings. The minimum atomic E-state index is -0.487. The average Bonchev–Trinajstić information content (AvgIpc) is 3.24. The van der Waals surface area contributed by atoms with E-state index in [4.69, 9.17) is 4.74 Å². The van der Waals surface area contributed by atoms with Crippen molar-refractivity contribution in [3.8, 4) is 5.75 Å². The Labute approximate surface area is 172 Å². The van der Waals surface area contributed by atoms with Crippen molar-refractivity contribution in [3.05, 3.63) is 59.7 Å².